The summed E-state index contributed by atoms with van der Waals surface area (Å²) in [5.41, 5.74) is 0. The van der Waals surface area contributed by atoms with E-state index in [0.717, 1.165) is 6.92 Å². The van der Waals surface area contributed by atoms with Gasteiger partial charge in [0, 0.05) is 6.92 Å². The van der Waals surface area contributed by atoms with E-state index in [2.05, 4.69) is 14.9 Å². The van der Waals surface area contributed by atoms with Crippen LogP contribution >= 0.6 is 0 Å². The number of rotatable bonds is 3. The van der Waals surface area contributed by atoms with Gasteiger partial charge in [0.25, 0.3) is 12.4 Å². The smallest absolute Gasteiger partial charge is 1.00 e. The Balaban J connectivity index is -0.00000000396. The van der Waals surface area contributed by atoms with Gasteiger partial charge < -0.3 is 47.4 Å². The second-order valence-corrected chi connectivity index (χ2v) is 1.21. The largest absolute Gasteiger partial charge is 1.00 e. The summed E-state index contributed by atoms with van der Waals surface area (Å²) < 4.78 is 0. The van der Waals surface area contributed by atoms with Gasteiger partial charge in [-0.1, -0.05) is 52.0 Å². The van der Waals surface area contributed by atoms with E-state index in [-0.39, 0.29) is 322 Å². The fourth-order valence-corrected chi connectivity index (χ4v) is 0. The zero-order chi connectivity index (χ0) is 16.5. The predicted octanol–water partition coefficient (Wildman–Crippen LogP) is -14.7. The molecule has 0 aromatic carbocycles. The van der Waals surface area contributed by atoms with E-state index < -0.39 is 5.97 Å². The molecule has 0 fully saturated rings. The Labute approximate surface area is 407 Å². The summed E-state index contributed by atoms with van der Waals surface area (Å²) in [6, 6.07) is 0. The van der Waals surface area contributed by atoms with Crippen LogP contribution < -0.4 is 273 Å². The number of aliphatic carboxylic acids is 1. The standard InChI is InChI=1S/C2H4O2.C2H3O.CH2O3.7CH4.5K.2HNO3.H2O.H/c1-2(3)4;1-2-3;2-1-4-3;;;;;;;;;;;;;2*2-1-4-3;;/h1H3,(H,3,4);1H3;1,3H;7*1H4;;;;;;2*3H;1H2;/q;-1;;;;;;;;;5*+1;;;;-1/p-3. The van der Waals surface area contributed by atoms with Gasteiger partial charge in [-0.15, -0.1) is 9.81 Å². The van der Waals surface area contributed by atoms with Crippen LogP contribution in [0, 0.1) is 9.81 Å². The molecule has 0 aromatic rings. The van der Waals surface area contributed by atoms with Crippen molar-refractivity contribution >= 4 is 18.7 Å². The summed E-state index contributed by atoms with van der Waals surface area (Å²) in [6.07, 6.45) is 1.50. The summed E-state index contributed by atoms with van der Waals surface area (Å²) in [5.74, 6) is -0.833. The molecular formula is C12H39K5N2O13. The third-order valence-corrected chi connectivity index (χ3v) is 0.100. The minimum atomic E-state index is -0.833. The van der Waals surface area contributed by atoms with Gasteiger partial charge in [0.05, 0.1) is 0 Å². The molecule has 0 bridgehead atoms. The van der Waals surface area contributed by atoms with Crippen molar-refractivity contribution in [1.82, 2.24) is 0 Å². The fourth-order valence-electron chi connectivity index (χ4n) is 0. The average molecular weight is 615 g/mol. The van der Waals surface area contributed by atoms with Crippen LogP contribution in [-0.4, -0.2) is 29.3 Å². The Morgan fingerprint density at radius 3 is 0.906 bits per heavy atom. The van der Waals surface area contributed by atoms with Gasteiger partial charge in [-0.25, -0.2) is 0 Å². The molecule has 0 aliphatic rings. The third-order valence-electron chi connectivity index (χ3n) is 0.100. The predicted molar refractivity (Wildman–Crippen MR) is 97.4 cm³/mol. The molecule has 0 aliphatic heterocycles. The van der Waals surface area contributed by atoms with Crippen molar-refractivity contribution in [2.45, 2.75) is 65.8 Å². The molecule has 180 valence electrons. The number of carboxylic acids is 1. The second-order valence-electron chi connectivity index (χ2n) is 1.21. The van der Waals surface area contributed by atoms with Crippen molar-refractivity contribution in [2.75, 3.05) is 0 Å². The molecule has 20 heteroatoms. The first-order valence-electron chi connectivity index (χ1n) is 3.33. The summed E-state index contributed by atoms with van der Waals surface area (Å²) >= 11 is 0. The molecule has 0 amide bonds. The molecule has 0 spiro atoms. The fraction of sp³-hybridized carbons (Fsp3) is 0.750. The van der Waals surface area contributed by atoms with Crippen LogP contribution in [0.3, 0.4) is 0 Å². The van der Waals surface area contributed by atoms with E-state index in [1.807, 2.05) is 0 Å². The topological polar surface area (TPSA) is 259 Å². The van der Waals surface area contributed by atoms with Gasteiger partial charge in [-0.05, 0) is 0 Å². The second kappa shape index (κ2) is 192. The molecule has 0 radical (unpaired) electrons. The number of carbonyl (C=O) groups is 2. The maximum atomic E-state index is 9.00. The Bertz CT molecular complexity index is 211. The molecule has 0 aromatic heterocycles. The van der Waals surface area contributed by atoms with Crippen molar-refractivity contribution in [3.63, 3.8) is 0 Å². The minimum Gasteiger partial charge on any atom is -1.00 e. The third kappa shape index (κ3) is 591. The monoisotopic (exact) mass is 614 g/mol. The molecule has 0 heterocycles. The first-order chi connectivity index (χ1) is 8.89. The Morgan fingerprint density at radius 2 is 0.906 bits per heavy atom. The van der Waals surface area contributed by atoms with Gasteiger partial charge in [0.2, 0.25) is 0 Å². The molecule has 0 atom stereocenters. The van der Waals surface area contributed by atoms with Gasteiger partial charge in [-0.3, -0.25) is 15.9 Å². The molecule has 3 N–H and O–H groups in total. The van der Waals surface area contributed by atoms with Crippen LogP contribution in [0.1, 0.15) is 67.3 Å². The van der Waals surface area contributed by atoms with Gasteiger partial charge in [-0.2, -0.15) is 6.92 Å². The van der Waals surface area contributed by atoms with Crippen LogP contribution in [0.2, 0.25) is 0 Å². The molecule has 0 saturated heterocycles. The average Bonchev–Trinajstić information content (AvgIpc) is 2.39. The normalized spacial score (nSPS) is 3.16. The molecule has 0 aliphatic carbocycles. The van der Waals surface area contributed by atoms with Crippen molar-refractivity contribution in [3.8, 4) is 0 Å². The summed E-state index contributed by atoms with van der Waals surface area (Å²) in [6.45, 7) is 2.22. The SMILES string of the molecule is C.C.C.C.C.C.C.CC(=O)O.C[C-]=O.O.O=CO[O-].O=NO[O-].O=NO[O-].[H-].[K+].[K+].[K+].[K+].[K+]. The number of carbonyl (C=O) groups excluding carboxylic acids is 2. The van der Waals surface area contributed by atoms with Crippen molar-refractivity contribution in [2.24, 2.45) is 10.7 Å². The number of nitrogens with zero attached hydrogens (tertiary/aromatic N) is 2. The van der Waals surface area contributed by atoms with Gasteiger partial charge in [0.1, 0.15) is 10.7 Å². The number of carboxylic acid groups (broad SMARTS) is 1. The minimum absolute atomic E-state index is 0. The van der Waals surface area contributed by atoms with Crippen molar-refractivity contribution < 1.29 is 314 Å². The molecule has 0 rings (SSSR count). The summed E-state index contributed by atoms with van der Waals surface area (Å²) in [4.78, 5) is 50.4. The Hall–Kier alpha value is 5.43. The zero-order valence-electron chi connectivity index (χ0n) is 15.9. The Morgan fingerprint density at radius 1 is 0.844 bits per heavy atom. The van der Waals surface area contributed by atoms with Crippen LogP contribution in [0.5, 0.6) is 0 Å². The van der Waals surface area contributed by atoms with E-state index in [1.54, 1.807) is 0 Å². The summed E-state index contributed by atoms with van der Waals surface area (Å²) in [5, 5.41) is 35.3. The van der Waals surface area contributed by atoms with E-state index in [0.29, 0.717) is 0 Å². The van der Waals surface area contributed by atoms with Crippen molar-refractivity contribution in [3.05, 3.63) is 9.81 Å². The maximum absolute atomic E-state index is 9.00. The van der Waals surface area contributed by atoms with Crippen LogP contribution in [0.4, 0.5) is 0 Å². The van der Waals surface area contributed by atoms with Crippen LogP contribution in [-0.2, 0) is 29.2 Å². The van der Waals surface area contributed by atoms with E-state index in [4.69, 9.17) is 45.1 Å². The van der Waals surface area contributed by atoms with Crippen LogP contribution in [0.25, 0.3) is 0 Å². The molecular weight excluding hydrogens is 576 g/mol. The summed E-state index contributed by atoms with van der Waals surface area (Å²) in [7, 11) is 0. The number of hydrogen-bond donors (Lipinski definition) is 1. The molecule has 32 heavy (non-hydrogen) atoms. The van der Waals surface area contributed by atoms with E-state index >= 15 is 0 Å². The first kappa shape index (κ1) is 132. The maximum Gasteiger partial charge on any atom is 1.00 e. The van der Waals surface area contributed by atoms with E-state index in [9.17, 15) is 0 Å². The van der Waals surface area contributed by atoms with Crippen LogP contribution in [0.15, 0.2) is 10.7 Å². The Kier molecular flexibility index (Phi) is 790. The van der Waals surface area contributed by atoms with Gasteiger partial charge in [0.15, 0.2) is 0 Å². The van der Waals surface area contributed by atoms with Gasteiger partial charge >= 0.3 is 257 Å². The number of hydrogen-bond acceptors (Lipinski definition) is 13. The van der Waals surface area contributed by atoms with Crippen molar-refractivity contribution in [1.29, 1.82) is 0 Å². The van der Waals surface area contributed by atoms with E-state index in [1.165, 1.54) is 23.9 Å². The molecule has 0 unspecified atom stereocenters. The molecule has 0 saturated carbocycles. The molecule has 15 nitrogen and oxygen atoms in total. The zero-order valence-corrected chi connectivity index (χ0v) is 30.5. The first-order valence-corrected chi connectivity index (χ1v) is 3.33. The quantitative estimate of drug-likeness (QED) is 0.0776.